The summed E-state index contributed by atoms with van der Waals surface area (Å²) < 4.78 is 9.70. The van der Waals surface area contributed by atoms with Gasteiger partial charge in [-0.15, -0.1) is 0 Å². The van der Waals surface area contributed by atoms with Gasteiger partial charge >= 0.3 is 6.09 Å². The van der Waals surface area contributed by atoms with Gasteiger partial charge in [-0.1, -0.05) is 18.2 Å². The van der Waals surface area contributed by atoms with E-state index in [1.165, 1.54) is 13.2 Å². The van der Waals surface area contributed by atoms with Crippen LogP contribution in [0.3, 0.4) is 0 Å². The van der Waals surface area contributed by atoms with E-state index in [4.69, 9.17) is 9.47 Å². The molecule has 0 aliphatic heterocycles. The second kappa shape index (κ2) is 11.2. The Bertz CT molecular complexity index is 858. The summed E-state index contributed by atoms with van der Waals surface area (Å²) in [5.74, 6) is -0.282. The van der Waals surface area contributed by atoms with E-state index in [0.29, 0.717) is 23.7 Å². The number of nitro benzene ring substituents is 1. The number of nitrogens with one attached hydrogen (secondary N) is 3. The van der Waals surface area contributed by atoms with Crippen LogP contribution in [0.4, 0.5) is 27.5 Å². The second-order valence-electron chi connectivity index (χ2n) is 5.83. The molecule has 3 N–H and O–H groups in total. The molecule has 0 aromatic heterocycles. The van der Waals surface area contributed by atoms with Crippen LogP contribution in [0.15, 0.2) is 48.5 Å². The number of ether oxygens (including phenoxy) is 2. The molecule has 2 aromatic carbocycles. The van der Waals surface area contributed by atoms with Crippen LogP contribution in [0.1, 0.15) is 6.42 Å². The average Bonchev–Trinajstić information content (AvgIpc) is 2.68. The first-order chi connectivity index (χ1) is 14.0. The first-order valence-corrected chi connectivity index (χ1v) is 8.79. The Morgan fingerprint density at radius 1 is 1.03 bits per heavy atom. The predicted molar refractivity (Wildman–Crippen MR) is 108 cm³/mol. The number of amides is 2. The molecule has 0 heterocycles. The third-order valence-electron chi connectivity index (χ3n) is 3.68. The maximum absolute atomic E-state index is 12.1. The van der Waals surface area contributed by atoms with Crippen LogP contribution in [-0.2, 0) is 14.3 Å². The molecule has 0 fully saturated rings. The Labute approximate surface area is 167 Å². The molecule has 10 heteroatoms. The van der Waals surface area contributed by atoms with Crippen molar-refractivity contribution in [3.8, 4) is 0 Å². The number of para-hydroxylation sites is 2. The fraction of sp³-hybridized carbons (Fsp3) is 0.263. The number of hydrogen-bond donors (Lipinski definition) is 3. The topological polar surface area (TPSA) is 132 Å². The van der Waals surface area contributed by atoms with E-state index < -0.39 is 11.0 Å². The molecule has 10 nitrogen and oxygen atoms in total. The number of nitrogens with zero attached hydrogens (tertiary/aromatic N) is 1. The summed E-state index contributed by atoms with van der Waals surface area (Å²) in [4.78, 5) is 34.3. The minimum absolute atomic E-state index is 0.0518. The van der Waals surface area contributed by atoms with E-state index in [0.717, 1.165) is 0 Å². The number of hydrogen-bond acceptors (Lipinski definition) is 7. The SMILES string of the molecule is COCCOC(=O)Nc1cccc(NC(=O)CCNc2ccccc2[N+](=O)[O-])c1. The molecule has 0 saturated heterocycles. The van der Waals surface area contributed by atoms with E-state index in [-0.39, 0.29) is 31.2 Å². The molecule has 0 aliphatic carbocycles. The number of carbonyl (C=O) groups excluding carboxylic acids is 2. The molecule has 0 aliphatic rings. The fourth-order valence-electron chi connectivity index (χ4n) is 2.36. The Balaban J connectivity index is 1.82. The third-order valence-corrected chi connectivity index (χ3v) is 3.68. The molecule has 29 heavy (non-hydrogen) atoms. The summed E-state index contributed by atoms with van der Waals surface area (Å²) >= 11 is 0. The quantitative estimate of drug-likeness (QED) is 0.316. The molecule has 2 aromatic rings. The van der Waals surface area contributed by atoms with Gasteiger partial charge < -0.3 is 20.1 Å². The van der Waals surface area contributed by atoms with Gasteiger partial charge in [-0.2, -0.15) is 0 Å². The number of benzene rings is 2. The standard InChI is InChI=1S/C19H22N4O6/c1-28-11-12-29-19(25)22-15-6-4-5-14(13-15)21-18(24)9-10-20-16-7-2-3-8-17(16)23(26)27/h2-8,13,20H,9-12H2,1H3,(H,21,24)(H,22,25). The van der Waals surface area contributed by atoms with Crippen LogP contribution in [0.5, 0.6) is 0 Å². The molecule has 0 atom stereocenters. The highest BCUT2D eigenvalue weighted by Gasteiger charge is 2.12. The van der Waals surface area contributed by atoms with Gasteiger partial charge in [0.15, 0.2) is 0 Å². The highest BCUT2D eigenvalue weighted by Crippen LogP contribution is 2.23. The van der Waals surface area contributed by atoms with E-state index in [2.05, 4.69) is 16.0 Å². The highest BCUT2D eigenvalue weighted by atomic mass is 16.6. The second-order valence-corrected chi connectivity index (χ2v) is 5.83. The summed E-state index contributed by atoms with van der Waals surface area (Å²) in [7, 11) is 1.50. The van der Waals surface area contributed by atoms with Gasteiger partial charge in [0.1, 0.15) is 12.3 Å². The third kappa shape index (κ3) is 7.46. The van der Waals surface area contributed by atoms with Gasteiger partial charge in [0.05, 0.1) is 11.5 Å². The van der Waals surface area contributed by atoms with E-state index >= 15 is 0 Å². The van der Waals surface area contributed by atoms with Gasteiger partial charge in [0.2, 0.25) is 5.91 Å². The molecule has 2 amide bonds. The minimum Gasteiger partial charge on any atom is -0.447 e. The summed E-state index contributed by atoms with van der Waals surface area (Å²) in [6, 6.07) is 12.8. The highest BCUT2D eigenvalue weighted by molar-refractivity contribution is 5.92. The van der Waals surface area contributed by atoms with E-state index in [1.54, 1.807) is 42.5 Å². The molecular formula is C19H22N4O6. The lowest BCUT2D eigenvalue weighted by Crippen LogP contribution is -2.18. The number of nitro groups is 1. The van der Waals surface area contributed by atoms with Crippen molar-refractivity contribution >= 4 is 34.7 Å². The minimum atomic E-state index is -0.626. The molecule has 0 spiro atoms. The Hall–Kier alpha value is -3.66. The van der Waals surface area contributed by atoms with Gasteiger partial charge in [-0.25, -0.2) is 4.79 Å². The number of carbonyl (C=O) groups is 2. The molecule has 0 bridgehead atoms. The summed E-state index contributed by atoms with van der Waals surface area (Å²) in [6.07, 6.45) is -0.526. The van der Waals surface area contributed by atoms with Crippen LogP contribution in [0.25, 0.3) is 0 Å². The lowest BCUT2D eigenvalue weighted by Gasteiger charge is -2.10. The molecule has 2 rings (SSSR count). The van der Waals surface area contributed by atoms with Crippen molar-refractivity contribution < 1.29 is 24.0 Å². The smallest absolute Gasteiger partial charge is 0.411 e. The summed E-state index contributed by atoms with van der Waals surface area (Å²) in [5, 5.41) is 19.1. The normalized spacial score (nSPS) is 10.1. The number of methoxy groups -OCH3 is 1. The van der Waals surface area contributed by atoms with Crippen LogP contribution >= 0.6 is 0 Å². The lowest BCUT2D eigenvalue weighted by molar-refractivity contribution is -0.384. The zero-order chi connectivity index (χ0) is 21.1. The molecule has 0 unspecified atom stereocenters. The molecular weight excluding hydrogens is 380 g/mol. The van der Waals surface area contributed by atoms with Crippen molar-refractivity contribution in [1.29, 1.82) is 0 Å². The largest absolute Gasteiger partial charge is 0.447 e. The van der Waals surface area contributed by atoms with Crippen molar-refractivity contribution in [2.45, 2.75) is 6.42 Å². The zero-order valence-corrected chi connectivity index (χ0v) is 15.8. The average molecular weight is 402 g/mol. The van der Waals surface area contributed by atoms with Crippen LogP contribution in [0, 0.1) is 10.1 Å². The van der Waals surface area contributed by atoms with Crippen molar-refractivity contribution in [3.63, 3.8) is 0 Å². The van der Waals surface area contributed by atoms with Crippen LogP contribution in [-0.4, -0.2) is 43.8 Å². The van der Waals surface area contributed by atoms with E-state index in [9.17, 15) is 19.7 Å². The maximum Gasteiger partial charge on any atom is 0.411 e. The Kier molecular flexibility index (Phi) is 8.39. The van der Waals surface area contributed by atoms with E-state index in [1.807, 2.05) is 0 Å². The van der Waals surface area contributed by atoms with Gasteiger partial charge in [-0.05, 0) is 24.3 Å². The summed E-state index contributed by atoms with van der Waals surface area (Å²) in [6.45, 7) is 0.648. The van der Waals surface area contributed by atoms with Gasteiger partial charge in [-0.3, -0.25) is 20.2 Å². The van der Waals surface area contributed by atoms with Crippen molar-refractivity contribution in [2.75, 3.05) is 42.8 Å². The van der Waals surface area contributed by atoms with Crippen molar-refractivity contribution in [2.24, 2.45) is 0 Å². The lowest BCUT2D eigenvalue weighted by atomic mass is 10.2. The number of anilines is 3. The van der Waals surface area contributed by atoms with Gasteiger partial charge in [0, 0.05) is 37.5 Å². The van der Waals surface area contributed by atoms with Crippen LogP contribution < -0.4 is 16.0 Å². The first-order valence-electron chi connectivity index (χ1n) is 8.79. The first kappa shape index (κ1) is 21.6. The van der Waals surface area contributed by atoms with Crippen LogP contribution in [0.2, 0.25) is 0 Å². The summed E-state index contributed by atoms with van der Waals surface area (Å²) in [5.41, 5.74) is 1.26. The predicted octanol–water partition coefficient (Wildman–Crippen LogP) is 3.23. The molecule has 0 saturated carbocycles. The Morgan fingerprint density at radius 2 is 1.76 bits per heavy atom. The zero-order valence-electron chi connectivity index (χ0n) is 15.8. The fourth-order valence-corrected chi connectivity index (χ4v) is 2.36. The maximum atomic E-state index is 12.1. The van der Waals surface area contributed by atoms with Gasteiger partial charge in [0.25, 0.3) is 5.69 Å². The van der Waals surface area contributed by atoms with Crippen molar-refractivity contribution in [1.82, 2.24) is 0 Å². The van der Waals surface area contributed by atoms with Crippen molar-refractivity contribution in [3.05, 3.63) is 58.6 Å². The molecule has 154 valence electrons. The monoisotopic (exact) mass is 402 g/mol. The number of rotatable bonds is 10. The Morgan fingerprint density at radius 3 is 2.48 bits per heavy atom. The molecule has 0 radical (unpaired) electrons.